The SMILES string of the molecule is CNC(=O)c1cn(C)c2ccc(F)cc2c1=O. The molecule has 0 atom stereocenters. The lowest BCUT2D eigenvalue weighted by Crippen LogP contribution is -2.26. The number of fused-ring (bicyclic) bond motifs is 1. The lowest BCUT2D eigenvalue weighted by atomic mass is 10.1. The number of rotatable bonds is 1. The average molecular weight is 234 g/mol. The first kappa shape index (κ1) is 11.3. The molecule has 1 aromatic carbocycles. The van der Waals surface area contributed by atoms with E-state index >= 15 is 0 Å². The third-order valence-electron chi connectivity index (χ3n) is 2.62. The number of nitrogens with zero attached hydrogens (tertiary/aromatic N) is 1. The lowest BCUT2D eigenvalue weighted by molar-refractivity contribution is 0.0961. The van der Waals surface area contributed by atoms with Gasteiger partial charge < -0.3 is 9.88 Å². The van der Waals surface area contributed by atoms with Crippen LogP contribution in [0.3, 0.4) is 0 Å². The fourth-order valence-corrected chi connectivity index (χ4v) is 1.76. The average Bonchev–Trinajstić information content (AvgIpc) is 2.32. The van der Waals surface area contributed by atoms with Crippen LogP contribution in [0.2, 0.25) is 0 Å². The number of aryl methyl sites for hydroxylation is 1. The number of amides is 1. The van der Waals surface area contributed by atoms with E-state index in [0.29, 0.717) is 5.52 Å². The lowest BCUT2D eigenvalue weighted by Gasteiger charge is -2.08. The number of nitrogens with one attached hydrogen (secondary N) is 1. The molecule has 0 bridgehead atoms. The largest absolute Gasteiger partial charge is 0.355 e. The highest BCUT2D eigenvalue weighted by atomic mass is 19.1. The van der Waals surface area contributed by atoms with Crippen molar-refractivity contribution in [1.82, 2.24) is 9.88 Å². The molecule has 0 radical (unpaired) electrons. The molecule has 2 rings (SSSR count). The maximum absolute atomic E-state index is 13.1. The molecule has 2 aromatic rings. The van der Waals surface area contributed by atoms with Crippen LogP contribution in [-0.4, -0.2) is 17.5 Å². The van der Waals surface area contributed by atoms with Crippen LogP contribution in [0.15, 0.2) is 29.2 Å². The molecule has 1 amide bonds. The highest BCUT2D eigenvalue weighted by molar-refractivity contribution is 5.97. The quantitative estimate of drug-likeness (QED) is 0.801. The van der Waals surface area contributed by atoms with E-state index in [2.05, 4.69) is 5.32 Å². The summed E-state index contributed by atoms with van der Waals surface area (Å²) in [4.78, 5) is 23.5. The Kier molecular flexibility index (Phi) is 2.67. The second-order valence-electron chi connectivity index (χ2n) is 3.72. The molecule has 0 unspecified atom stereocenters. The van der Waals surface area contributed by atoms with Gasteiger partial charge in [0, 0.05) is 25.7 Å². The Hall–Kier alpha value is -2.17. The van der Waals surface area contributed by atoms with E-state index in [-0.39, 0.29) is 10.9 Å². The van der Waals surface area contributed by atoms with Crippen molar-refractivity contribution in [3.05, 3.63) is 46.0 Å². The Balaban J connectivity index is 2.88. The maximum Gasteiger partial charge on any atom is 0.256 e. The van der Waals surface area contributed by atoms with Gasteiger partial charge in [0.1, 0.15) is 11.4 Å². The molecule has 1 aromatic heterocycles. The van der Waals surface area contributed by atoms with Crippen LogP contribution >= 0.6 is 0 Å². The number of hydrogen-bond donors (Lipinski definition) is 1. The third-order valence-corrected chi connectivity index (χ3v) is 2.62. The second-order valence-corrected chi connectivity index (χ2v) is 3.72. The van der Waals surface area contributed by atoms with Crippen molar-refractivity contribution in [3.63, 3.8) is 0 Å². The molecule has 0 aliphatic heterocycles. The van der Waals surface area contributed by atoms with Gasteiger partial charge in [0.2, 0.25) is 5.43 Å². The van der Waals surface area contributed by atoms with Crippen LogP contribution in [0.1, 0.15) is 10.4 Å². The summed E-state index contributed by atoms with van der Waals surface area (Å²) >= 11 is 0. The van der Waals surface area contributed by atoms with Crippen molar-refractivity contribution in [2.45, 2.75) is 0 Å². The number of aromatic nitrogens is 1. The van der Waals surface area contributed by atoms with Gasteiger partial charge in [0.25, 0.3) is 5.91 Å². The molecule has 17 heavy (non-hydrogen) atoms. The highest BCUT2D eigenvalue weighted by Gasteiger charge is 2.13. The van der Waals surface area contributed by atoms with E-state index in [0.717, 1.165) is 6.07 Å². The van der Waals surface area contributed by atoms with Gasteiger partial charge in [-0.3, -0.25) is 9.59 Å². The van der Waals surface area contributed by atoms with Gasteiger partial charge in [0.05, 0.1) is 5.52 Å². The fourth-order valence-electron chi connectivity index (χ4n) is 1.76. The van der Waals surface area contributed by atoms with E-state index in [9.17, 15) is 14.0 Å². The van der Waals surface area contributed by atoms with Crippen molar-refractivity contribution in [3.8, 4) is 0 Å². The molecular formula is C12H11FN2O2. The van der Waals surface area contributed by atoms with Crippen LogP contribution in [0.4, 0.5) is 4.39 Å². The zero-order valence-electron chi connectivity index (χ0n) is 9.45. The molecule has 4 nitrogen and oxygen atoms in total. The molecule has 0 saturated heterocycles. The summed E-state index contributed by atoms with van der Waals surface area (Å²) in [6.45, 7) is 0. The minimum absolute atomic E-state index is 0.00750. The minimum Gasteiger partial charge on any atom is -0.355 e. The Bertz CT molecular complexity index is 661. The molecule has 1 heterocycles. The number of benzene rings is 1. The van der Waals surface area contributed by atoms with Crippen LogP contribution < -0.4 is 10.7 Å². The summed E-state index contributed by atoms with van der Waals surface area (Å²) in [5, 5.41) is 2.59. The molecule has 88 valence electrons. The van der Waals surface area contributed by atoms with Gasteiger partial charge in [-0.05, 0) is 18.2 Å². The van der Waals surface area contributed by atoms with Gasteiger partial charge in [0.15, 0.2) is 0 Å². The summed E-state index contributed by atoms with van der Waals surface area (Å²) in [7, 11) is 3.14. The van der Waals surface area contributed by atoms with E-state index in [1.54, 1.807) is 11.6 Å². The number of carbonyl (C=O) groups is 1. The molecule has 0 fully saturated rings. The summed E-state index contributed by atoms with van der Waals surface area (Å²) in [6.07, 6.45) is 1.45. The van der Waals surface area contributed by atoms with Crippen LogP contribution in [0.25, 0.3) is 10.9 Å². The van der Waals surface area contributed by atoms with Gasteiger partial charge in [-0.15, -0.1) is 0 Å². The van der Waals surface area contributed by atoms with Gasteiger partial charge >= 0.3 is 0 Å². The standard InChI is InChI=1S/C12H11FN2O2/c1-14-12(17)9-6-15(2)10-4-3-7(13)5-8(10)11(9)16/h3-6H,1-2H3,(H,14,17). The molecule has 0 aliphatic carbocycles. The summed E-state index contributed by atoms with van der Waals surface area (Å²) < 4.78 is 14.7. The summed E-state index contributed by atoms with van der Waals surface area (Å²) in [6, 6.07) is 3.94. The molecule has 0 aliphatic rings. The smallest absolute Gasteiger partial charge is 0.256 e. The Morgan fingerprint density at radius 2 is 2.12 bits per heavy atom. The normalized spacial score (nSPS) is 10.5. The first-order valence-electron chi connectivity index (χ1n) is 5.05. The van der Waals surface area contributed by atoms with Crippen molar-refractivity contribution in [2.24, 2.45) is 7.05 Å². The Morgan fingerprint density at radius 1 is 1.41 bits per heavy atom. The second kappa shape index (κ2) is 4.01. The van der Waals surface area contributed by atoms with Crippen molar-refractivity contribution in [2.75, 3.05) is 7.05 Å². The topological polar surface area (TPSA) is 51.1 Å². The van der Waals surface area contributed by atoms with Crippen LogP contribution in [0, 0.1) is 5.82 Å². The summed E-state index contributed by atoms with van der Waals surface area (Å²) in [5.74, 6) is -0.972. The van der Waals surface area contributed by atoms with E-state index < -0.39 is 17.2 Å². The summed E-state index contributed by atoms with van der Waals surface area (Å²) in [5.41, 5.74) is 0.133. The van der Waals surface area contributed by atoms with E-state index in [4.69, 9.17) is 0 Å². The predicted molar refractivity (Wildman–Crippen MR) is 62.5 cm³/mol. The monoisotopic (exact) mass is 234 g/mol. The first-order chi connectivity index (χ1) is 8.04. The first-order valence-corrected chi connectivity index (χ1v) is 5.05. The van der Waals surface area contributed by atoms with Crippen LogP contribution in [-0.2, 0) is 7.05 Å². The number of halogens is 1. The predicted octanol–water partition coefficient (Wildman–Crippen LogP) is 1.04. The Morgan fingerprint density at radius 3 is 2.76 bits per heavy atom. The highest BCUT2D eigenvalue weighted by Crippen LogP contribution is 2.12. The van der Waals surface area contributed by atoms with Crippen molar-refractivity contribution < 1.29 is 9.18 Å². The number of carbonyl (C=O) groups excluding carboxylic acids is 1. The van der Waals surface area contributed by atoms with E-state index in [1.807, 2.05) is 0 Å². The van der Waals surface area contributed by atoms with Gasteiger partial charge in [-0.2, -0.15) is 0 Å². The zero-order chi connectivity index (χ0) is 12.6. The third kappa shape index (κ3) is 1.80. The fraction of sp³-hybridized carbons (Fsp3) is 0.167. The minimum atomic E-state index is -0.497. The van der Waals surface area contributed by atoms with Gasteiger partial charge in [-0.1, -0.05) is 0 Å². The molecule has 5 heteroatoms. The van der Waals surface area contributed by atoms with Crippen molar-refractivity contribution >= 4 is 16.8 Å². The maximum atomic E-state index is 13.1. The van der Waals surface area contributed by atoms with Crippen molar-refractivity contribution in [1.29, 1.82) is 0 Å². The zero-order valence-corrected chi connectivity index (χ0v) is 9.45. The molecule has 0 spiro atoms. The van der Waals surface area contributed by atoms with E-state index in [1.165, 1.54) is 25.4 Å². The molecule has 0 saturated carbocycles. The number of pyridine rings is 1. The van der Waals surface area contributed by atoms with Gasteiger partial charge in [-0.25, -0.2) is 4.39 Å². The number of hydrogen-bond acceptors (Lipinski definition) is 2. The Labute approximate surface area is 96.7 Å². The molecular weight excluding hydrogens is 223 g/mol. The van der Waals surface area contributed by atoms with Crippen LogP contribution in [0.5, 0.6) is 0 Å². The molecule has 1 N–H and O–H groups in total.